The molecule has 2 aromatic heterocycles. The molecule has 36 heavy (non-hydrogen) atoms. The average Bonchev–Trinajstić information content (AvgIpc) is 3.53. The number of nitrogens with zero attached hydrogens (tertiary/aromatic N) is 4. The van der Waals surface area contributed by atoms with Crippen LogP contribution in [-0.2, 0) is 4.74 Å². The highest BCUT2D eigenvalue weighted by atomic mass is 32.1. The number of hydrogen-bond donors (Lipinski definition) is 1. The molecule has 2 atom stereocenters. The predicted octanol–water partition coefficient (Wildman–Crippen LogP) is 4.84. The number of ether oxygens (including phenoxy) is 1. The first-order chi connectivity index (χ1) is 17.3. The molecule has 0 saturated carbocycles. The molecule has 2 amide bonds. The molecule has 2 unspecified atom stereocenters. The number of methoxy groups -OCH3 is 1. The van der Waals surface area contributed by atoms with Gasteiger partial charge in [-0.25, -0.2) is 18.7 Å². The summed E-state index contributed by atoms with van der Waals surface area (Å²) in [6, 6.07) is 1.33. The van der Waals surface area contributed by atoms with Crippen molar-refractivity contribution in [3.63, 3.8) is 0 Å². The fraction of sp³-hybridized carbons (Fsp3) is 0.600. The molecular weight excluding hydrogens is 488 g/mol. The molecule has 11 heteroatoms. The average molecular weight is 522 g/mol. The number of alkyl halides is 2. The summed E-state index contributed by atoms with van der Waals surface area (Å²) in [5.41, 5.74) is -0.0743. The molecule has 1 N–H and O–H groups in total. The Morgan fingerprint density at radius 1 is 1.25 bits per heavy atom. The molecular formula is C25H33F2N5O3S. The summed E-state index contributed by atoms with van der Waals surface area (Å²) >= 11 is 0.982. The minimum atomic E-state index is -2.79. The van der Waals surface area contributed by atoms with E-state index in [-0.39, 0.29) is 50.7 Å². The number of nitrogens with one attached hydrogen (secondary N) is 1. The molecule has 8 nitrogen and oxygen atoms in total. The van der Waals surface area contributed by atoms with Crippen molar-refractivity contribution < 1.29 is 23.1 Å². The molecule has 2 fully saturated rings. The largest absolute Gasteiger partial charge is 0.380 e. The van der Waals surface area contributed by atoms with Gasteiger partial charge in [-0.3, -0.25) is 9.59 Å². The molecule has 4 rings (SSSR count). The van der Waals surface area contributed by atoms with Gasteiger partial charge in [0.05, 0.1) is 11.0 Å². The fourth-order valence-corrected chi connectivity index (χ4v) is 5.81. The number of carbonyl (C=O) groups excluding carboxylic acids is 2. The van der Waals surface area contributed by atoms with Crippen LogP contribution in [0.25, 0.3) is 10.4 Å². The van der Waals surface area contributed by atoms with Crippen LogP contribution in [0.3, 0.4) is 0 Å². The van der Waals surface area contributed by atoms with E-state index < -0.39 is 6.43 Å². The van der Waals surface area contributed by atoms with Gasteiger partial charge in [-0.05, 0) is 45.1 Å². The van der Waals surface area contributed by atoms with Crippen molar-refractivity contribution >= 4 is 29.0 Å². The van der Waals surface area contributed by atoms with Crippen molar-refractivity contribution in [2.45, 2.75) is 64.5 Å². The first kappa shape index (κ1) is 26.4. The van der Waals surface area contributed by atoms with Gasteiger partial charge < -0.3 is 19.9 Å². The van der Waals surface area contributed by atoms with Crippen LogP contribution in [0.1, 0.15) is 78.2 Å². The van der Waals surface area contributed by atoms with Gasteiger partial charge in [-0.2, -0.15) is 0 Å². The number of halogens is 2. The lowest BCUT2D eigenvalue weighted by Crippen LogP contribution is -2.42. The Labute approximate surface area is 214 Å². The molecule has 0 aliphatic carbocycles. The van der Waals surface area contributed by atoms with Crippen molar-refractivity contribution in [3.05, 3.63) is 28.5 Å². The minimum absolute atomic E-state index is 0.0177. The molecule has 0 radical (unpaired) electrons. The number of amides is 2. The Bertz CT molecular complexity index is 1100. The second-order valence-electron chi connectivity index (χ2n) is 9.32. The topological polar surface area (TPSA) is 87.7 Å². The van der Waals surface area contributed by atoms with Crippen molar-refractivity contribution in [2.75, 3.05) is 38.6 Å². The summed E-state index contributed by atoms with van der Waals surface area (Å²) in [5.74, 6) is -0.312. The summed E-state index contributed by atoms with van der Waals surface area (Å²) < 4.78 is 33.8. The van der Waals surface area contributed by atoms with Crippen LogP contribution >= 0.6 is 11.3 Å². The fourth-order valence-electron chi connectivity index (χ4n) is 4.75. The molecule has 196 valence electrons. The van der Waals surface area contributed by atoms with E-state index >= 15 is 0 Å². The van der Waals surface area contributed by atoms with Crippen LogP contribution in [0.5, 0.6) is 0 Å². The maximum absolute atomic E-state index is 14.2. The highest BCUT2D eigenvalue weighted by Gasteiger charge is 2.34. The van der Waals surface area contributed by atoms with E-state index in [1.54, 1.807) is 16.9 Å². The summed E-state index contributed by atoms with van der Waals surface area (Å²) in [5, 5.41) is 3.14. The minimum Gasteiger partial charge on any atom is -0.380 e. The molecule has 0 aromatic carbocycles. The van der Waals surface area contributed by atoms with Crippen molar-refractivity contribution in [1.29, 1.82) is 0 Å². The van der Waals surface area contributed by atoms with Crippen LogP contribution < -0.4 is 5.32 Å². The van der Waals surface area contributed by atoms with E-state index in [1.807, 2.05) is 13.8 Å². The Morgan fingerprint density at radius 3 is 2.69 bits per heavy atom. The highest BCUT2D eigenvalue weighted by molar-refractivity contribution is 7.17. The van der Waals surface area contributed by atoms with Crippen LogP contribution in [0.15, 0.2) is 12.3 Å². The third kappa shape index (κ3) is 5.51. The molecule has 2 aliphatic heterocycles. The van der Waals surface area contributed by atoms with Gasteiger partial charge in [0, 0.05) is 56.7 Å². The Morgan fingerprint density at radius 2 is 2.03 bits per heavy atom. The van der Waals surface area contributed by atoms with Gasteiger partial charge in [0.2, 0.25) is 0 Å². The van der Waals surface area contributed by atoms with Crippen molar-refractivity contribution in [2.24, 2.45) is 0 Å². The number of hydrogen-bond acceptors (Lipinski definition) is 7. The smallest absolute Gasteiger partial charge is 0.282 e. The van der Waals surface area contributed by atoms with Gasteiger partial charge in [-0.15, -0.1) is 11.3 Å². The van der Waals surface area contributed by atoms with Gasteiger partial charge in [0.1, 0.15) is 11.5 Å². The lowest BCUT2D eigenvalue weighted by Gasteiger charge is -2.31. The zero-order valence-corrected chi connectivity index (χ0v) is 21.7. The SMILES string of the molecule is CCCNc1cc(C(F)F)c(-c2sc(C(=O)N3CCCC(OC)C3)nc2C(=O)N2CCCC2C)cn1. The quantitative estimate of drug-likeness (QED) is 0.535. The second-order valence-corrected chi connectivity index (χ2v) is 10.3. The van der Waals surface area contributed by atoms with Gasteiger partial charge in [0.25, 0.3) is 18.2 Å². The van der Waals surface area contributed by atoms with Crippen LogP contribution in [0, 0.1) is 0 Å². The third-order valence-corrected chi connectivity index (χ3v) is 7.87. The maximum Gasteiger partial charge on any atom is 0.282 e. The number of anilines is 1. The summed E-state index contributed by atoms with van der Waals surface area (Å²) in [7, 11) is 1.62. The molecule has 0 bridgehead atoms. The predicted molar refractivity (Wildman–Crippen MR) is 135 cm³/mol. The molecule has 2 saturated heterocycles. The summed E-state index contributed by atoms with van der Waals surface area (Å²) in [4.78, 5) is 39.3. The number of likely N-dealkylation sites (tertiary alicyclic amines) is 2. The zero-order chi connectivity index (χ0) is 25.8. The maximum atomic E-state index is 14.2. The van der Waals surface area contributed by atoms with E-state index in [1.165, 1.54) is 12.3 Å². The van der Waals surface area contributed by atoms with E-state index in [9.17, 15) is 18.4 Å². The zero-order valence-electron chi connectivity index (χ0n) is 20.9. The van der Waals surface area contributed by atoms with E-state index in [0.29, 0.717) is 32.0 Å². The Balaban J connectivity index is 1.76. The summed E-state index contributed by atoms with van der Waals surface area (Å²) in [6.07, 6.45) is 2.72. The molecule has 2 aliphatic rings. The van der Waals surface area contributed by atoms with Crippen LogP contribution in [0.4, 0.5) is 14.6 Å². The number of thiazole rings is 1. The lowest BCUT2D eigenvalue weighted by atomic mass is 10.1. The van der Waals surface area contributed by atoms with E-state index in [0.717, 1.165) is 43.4 Å². The number of rotatable bonds is 8. The van der Waals surface area contributed by atoms with Crippen LogP contribution in [-0.4, -0.2) is 77.0 Å². The van der Waals surface area contributed by atoms with Gasteiger partial charge in [0.15, 0.2) is 5.01 Å². The van der Waals surface area contributed by atoms with E-state index in [4.69, 9.17) is 4.74 Å². The van der Waals surface area contributed by atoms with E-state index in [2.05, 4.69) is 15.3 Å². The van der Waals surface area contributed by atoms with Crippen molar-refractivity contribution in [1.82, 2.24) is 19.8 Å². The lowest BCUT2D eigenvalue weighted by molar-refractivity contribution is 0.0268. The van der Waals surface area contributed by atoms with Gasteiger partial charge in [-0.1, -0.05) is 6.92 Å². The standard InChI is InChI=1S/C25H33F2N5O3S/c1-4-9-28-19-12-17(22(26)27)18(13-29-19)21-20(24(33)32-11-5-7-15(32)2)30-23(36-21)25(34)31-10-6-8-16(14-31)35-3/h12-13,15-16,22H,4-11,14H2,1-3H3,(H,28,29). The first-order valence-corrected chi connectivity index (χ1v) is 13.3. The Kier molecular flexibility index (Phi) is 8.50. The summed E-state index contributed by atoms with van der Waals surface area (Å²) in [6.45, 7) is 6.09. The third-order valence-electron chi connectivity index (χ3n) is 6.80. The molecule has 2 aromatic rings. The van der Waals surface area contributed by atoms with Crippen LogP contribution in [0.2, 0.25) is 0 Å². The number of aromatic nitrogens is 2. The second kappa shape index (κ2) is 11.6. The van der Waals surface area contributed by atoms with Gasteiger partial charge >= 0.3 is 0 Å². The number of carbonyl (C=O) groups is 2. The number of piperidine rings is 1. The highest BCUT2D eigenvalue weighted by Crippen LogP contribution is 2.39. The molecule has 4 heterocycles. The monoisotopic (exact) mass is 521 g/mol. The molecule has 0 spiro atoms. The van der Waals surface area contributed by atoms with Crippen molar-refractivity contribution in [3.8, 4) is 10.4 Å². The first-order valence-electron chi connectivity index (χ1n) is 12.5. The normalized spacial score (nSPS) is 20.3. The number of pyridine rings is 1. The Hall–Kier alpha value is -2.66.